The first kappa shape index (κ1) is 12.1. The van der Waals surface area contributed by atoms with Crippen LogP contribution in [0.1, 0.15) is 19.4 Å². The van der Waals surface area contributed by atoms with E-state index in [0.717, 1.165) is 0 Å². The van der Waals surface area contributed by atoms with Crippen LogP contribution in [0.25, 0.3) is 6.08 Å². The van der Waals surface area contributed by atoms with Gasteiger partial charge in [0.2, 0.25) is 0 Å². The van der Waals surface area contributed by atoms with Crippen molar-refractivity contribution in [3.8, 4) is 0 Å². The quantitative estimate of drug-likeness (QED) is 0.334. The summed E-state index contributed by atoms with van der Waals surface area (Å²) in [5, 5.41) is 0. The third kappa shape index (κ3) is 3.31. The Morgan fingerprint density at radius 2 is 2.25 bits per heavy atom. The Balaban J connectivity index is 2.99. The van der Waals surface area contributed by atoms with Gasteiger partial charge >= 0.3 is 5.97 Å². The zero-order valence-corrected chi connectivity index (χ0v) is 9.27. The summed E-state index contributed by atoms with van der Waals surface area (Å²) < 4.78 is 4.79. The number of rotatable bonds is 4. The van der Waals surface area contributed by atoms with Gasteiger partial charge < -0.3 is 4.74 Å². The smallest absolute Gasteiger partial charge is 0.341 e. The highest BCUT2D eigenvalue weighted by Gasteiger charge is 2.15. The predicted molar refractivity (Wildman–Crippen MR) is 59.5 cm³/mol. The first-order valence-electron chi connectivity index (χ1n) is 4.95. The summed E-state index contributed by atoms with van der Waals surface area (Å²) in [7, 11) is 0. The van der Waals surface area contributed by atoms with E-state index in [9.17, 15) is 9.59 Å². The number of ether oxygens (including phenoxy) is 1. The number of esters is 1. The lowest BCUT2D eigenvalue weighted by Crippen LogP contribution is -2.13. The van der Waals surface area contributed by atoms with E-state index < -0.39 is 5.97 Å². The van der Waals surface area contributed by atoms with E-state index in [2.05, 4.69) is 4.98 Å². The average molecular weight is 219 g/mol. The third-order valence-corrected chi connectivity index (χ3v) is 1.87. The van der Waals surface area contributed by atoms with E-state index in [1.807, 2.05) is 0 Å². The number of Topliss-reactive ketones (excluding diaryl/α,β-unsaturated/α-hetero) is 1. The van der Waals surface area contributed by atoms with Crippen molar-refractivity contribution in [2.75, 3.05) is 6.61 Å². The molecule has 16 heavy (non-hydrogen) atoms. The summed E-state index contributed by atoms with van der Waals surface area (Å²) in [6.07, 6.45) is 4.67. The van der Waals surface area contributed by atoms with Crippen LogP contribution >= 0.6 is 0 Å². The molecule has 1 heterocycles. The summed E-state index contributed by atoms with van der Waals surface area (Å²) in [5.41, 5.74) is 0.732. The molecule has 0 aliphatic carbocycles. The minimum atomic E-state index is -0.598. The first-order valence-corrected chi connectivity index (χ1v) is 4.95. The molecule has 0 aromatic carbocycles. The fourth-order valence-electron chi connectivity index (χ4n) is 1.14. The molecule has 0 atom stereocenters. The van der Waals surface area contributed by atoms with Crippen molar-refractivity contribution in [3.05, 3.63) is 35.7 Å². The van der Waals surface area contributed by atoms with Crippen molar-refractivity contribution in [2.45, 2.75) is 13.8 Å². The molecule has 0 saturated heterocycles. The van der Waals surface area contributed by atoms with Crippen molar-refractivity contribution in [2.24, 2.45) is 0 Å². The Morgan fingerprint density at radius 3 is 2.75 bits per heavy atom. The Kier molecular flexibility index (Phi) is 4.39. The SMILES string of the molecule is CCOC(=O)/C(=C\c1cccnc1)C(C)=O. The maximum Gasteiger partial charge on any atom is 0.341 e. The average Bonchev–Trinajstić information content (AvgIpc) is 2.27. The molecule has 4 heteroatoms. The highest BCUT2D eigenvalue weighted by atomic mass is 16.5. The number of pyridine rings is 1. The van der Waals surface area contributed by atoms with Crippen LogP contribution in [-0.4, -0.2) is 23.3 Å². The fourth-order valence-corrected chi connectivity index (χ4v) is 1.14. The number of ketones is 1. The summed E-state index contributed by atoms with van der Waals surface area (Å²) in [4.78, 5) is 26.6. The number of nitrogens with zero attached hydrogens (tertiary/aromatic N) is 1. The van der Waals surface area contributed by atoms with Gasteiger partial charge in [0.1, 0.15) is 5.57 Å². The fraction of sp³-hybridized carbons (Fsp3) is 0.250. The monoisotopic (exact) mass is 219 g/mol. The number of aromatic nitrogens is 1. The Hall–Kier alpha value is -1.97. The highest BCUT2D eigenvalue weighted by Crippen LogP contribution is 2.08. The number of carbonyl (C=O) groups is 2. The van der Waals surface area contributed by atoms with Gasteiger partial charge in [0.15, 0.2) is 5.78 Å². The maximum absolute atomic E-state index is 11.5. The van der Waals surface area contributed by atoms with Crippen LogP contribution in [0.5, 0.6) is 0 Å². The van der Waals surface area contributed by atoms with Gasteiger partial charge in [0.25, 0.3) is 0 Å². The minimum absolute atomic E-state index is 0.0369. The van der Waals surface area contributed by atoms with Crippen LogP contribution in [0.4, 0.5) is 0 Å². The van der Waals surface area contributed by atoms with Crippen molar-refractivity contribution in [1.82, 2.24) is 4.98 Å². The second kappa shape index (κ2) is 5.80. The second-order valence-corrected chi connectivity index (χ2v) is 3.12. The molecule has 0 radical (unpaired) electrons. The molecular weight excluding hydrogens is 206 g/mol. The van der Waals surface area contributed by atoms with Gasteiger partial charge in [-0.1, -0.05) is 6.07 Å². The molecule has 0 N–H and O–H groups in total. The third-order valence-electron chi connectivity index (χ3n) is 1.87. The predicted octanol–water partition coefficient (Wildman–Crippen LogP) is 1.62. The summed E-state index contributed by atoms with van der Waals surface area (Å²) >= 11 is 0. The molecule has 4 nitrogen and oxygen atoms in total. The summed E-state index contributed by atoms with van der Waals surface area (Å²) in [6, 6.07) is 3.49. The highest BCUT2D eigenvalue weighted by molar-refractivity contribution is 6.19. The molecule has 1 rings (SSSR count). The molecule has 0 aliphatic heterocycles. The van der Waals surface area contributed by atoms with E-state index in [4.69, 9.17) is 4.74 Å². The maximum atomic E-state index is 11.5. The molecule has 0 aliphatic rings. The first-order chi connectivity index (χ1) is 7.65. The molecule has 1 aromatic rings. The Bertz CT molecular complexity index is 410. The number of carbonyl (C=O) groups excluding carboxylic acids is 2. The van der Waals surface area contributed by atoms with Crippen LogP contribution in [0.2, 0.25) is 0 Å². The molecule has 0 amide bonds. The molecule has 0 saturated carbocycles. The molecular formula is C12H13NO3. The zero-order chi connectivity index (χ0) is 12.0. The largest absolute Gasteiger partial charge is 0.462 e. The lowest BCUT2D eigenvalue weighted by Gasteiger charge is -2.03. The van der Waals surface area contributed by atoms with Crippen molar-refractivity contribution >= 4 is 17.8 Å². The van der Waals surface area contributed by atoms with Gasteiger partial charge in [-0.3, -0.25) is 9.78 Å². The second-order valence-electron chi connectivity index (χ2n) is 3.12. The van der Waals surface area contributed by atoms with E-state index in [0.29, 0.717) is 5.56 Å². The molecule has 1 aromatic heterocycles. The molecule has 0 unspecified atom stereocenters. The number of hydrogen-bond donors (Lipinski definition) is 0. The van der Waals surface area contributed by atoms with Crippen molar-refractivity contribution in [1.29, 1.82) is 0 Å². The van der Waals surface area contributed by atoms with Crippen LogP contribution in [0.15, 0.2) is 30.1 Å². The summed E-state index contributed by atoms with van der Waals surface area (Å²) in [6.45, 7) is 3.27. The van der Waals surface area contributed by atoms with Crippen LogP contribution in [0.3, 0.4) is 0 Å². The summed E-state index contributed by atoms with van der Waals surface area (Å²) in [5.74, 6) is -0.916. The molecule has 0 bridgehead atoms. The van der Waals surface area contributed by atoms with Crippen LogP contribution in [0, 0.1) is 0 Å². The normalized spacial score (nSPS) is 11.0. The van der Waals surface area contributed by atoms with E-state index in [1.165, 1.54) is 13.0 Å². The topological polar surface area (TPSA) is 56.3 Å². The minimum Gasteiger partial charge on any atom is -0.462 e. The van der Waals surface area contributed by atoms with E-state index in [-0.39, 0.29) is 18.0 Å². The zero-order valence-electron chi connectivity index (χ0n) is 9.27. The lowest BCUT2D eigenvalue weighted by molar-refractivity contribution is -0.139. The number of hydrogen-bond acceptors (Lipinski definition) is 4. The van der Waals surface area contributed by atoms with Crippen LogP contribution < -0.4 is 0 Å². The van der Waals surface area contributed by atoms with Crippen LogP contribution in [-0.2, 0) is 14.3 Å². The lowest BCUT2D eigenvalue weighted by atomic mass is 10.1. The van der Waals surface area contributed by atoms with Gasteiger partial charge in [-0.25, -0.2) is 4.79 Å². The molecule has 84 valence electrons. The van der Waals surface area contributed by atoms with Gasteiger partial charge in [-0.2, -0.15) is 0 Å². The van der Waals surface area contributed by atoms with Gasteiger partial charge in [-0.05, 0) is 31.6 Å². The standard InChI is InChI=1S/C12H13NO3/c1-3-16-12(15)11(9(2)14)7-10-5-4-6-13-8-10/h4-8H,3H2,1-2H3/b11-7-. The van der Waals surface area contributed by atoms with Gasteiger partial charge in [0.05, 0.1) is 6.61 Å². The van der Waals surface area contributed by atoms with E-state index >= 15 is 0 Å². The van der Waals surface area contributed by atoms with E-state index in [1.54, 1.807) is 31.5 Å². The van der Waals surface area contributed by atoms with Gasteiger partial charge in [-0.15, -0.1) is 0 Å². The Morgan fingerprint density at radius 1 is 1.50 bits per heavy atom. The van der Waals surface area contributed by atoms with Crippen molar-refractivity contribution in [3.63, 3.8) is 0 Å². The van der Waals surface area contributed by atoms with Crippen molar-refractivity contribution < 1.29 is 14.3 Å². The van der Waals surface area contributed by atoms with Gasteiger partial charge in [0, 0.05) is 12.4 Å². The Labute approximate surface area is 94.0 Å². The molecule has 0 spiro atoms. The molecule has 0 fully saturated rings.